The van der Waals surface area contributed by atoms with Crippen LogP contribution >= 0.6 is 0 Å². The van der Waals surface area contributed by atoms with E-state index in [1.54, 1.807) is 6.92 Å². The van der Waals surface area contributed by atoms with E-state index in [1.807, 2.05) is 30.3 Å². The van der Waals surface area contributed by atoms with Crippen molar-refractivity contribution in [2.24, 2.45) is 0 Å². The number of benzene rings is 1. The summed E-state index contributed by atoms with van der Waals surface area (Å²) in [5, 5.41) is 14.7. The molecule has 1 aromatic carbocycles. The Morgan fingerprint density at radius 3 is 2.67 bits per heavy atom. The summed E-state index contributed by atoms with van der Waals surface area (Å²) in [6, 6.07) is 6.77. The van der Waals surface area contributed by atoms with Gasteiger partial charge < -0.3 is 9.84 Å². The minimum absolute atomic E-state index is 0.122. The summed E-state index contributed by atoms with van der Waals surface area (Å²) >= 11 is 0. The first kappa shape index (κ1) is 21.8. The number of carbonyl (C=O) groups excluding carboxylic acids is 3. The molecular formula is C21H27N3O6. The smallest absolute Gasteiger partial charge is 0.328 e. The monoisotopic (exact) mass is 417 g/mol. The van der Waals surface area contributed by atoms with Crippen LogP contribution in [0, 0.1) is 0 Å². The number of aryl methyl sites for hydroxylation is 1. The van der Waals surface area contributed by atoms with Crippen LogP contribution in [0.2, 0.25) is 0 Å². The van der Waals surface area contributed by atoms with Gasteiger partial charge in [0.05, 0.1) is 19.1 Å². The molecule has 0 radical (unpaired) electrons. The van der Waals surface area contributed by atoms with Crippen LogP contribution in [0.5, 0.6) is 0 Å². The number of hydrogen-bond donors (Lipinski definition) is 2. The lowest BCUT2D eigenvalue weighted by Gasteiger charge is -2.47. The molecule has 2 N–H and O–H groups in total. The second-order valence-electron chi connectivity index (χ2n) is 7.45. The van der Waals surface area contributed by atoms with Crippen LogP contribution in [-0.2, 0) is 30.3 Å². The largest absolute Gasteiger partial charge is 0.480 e. The third kappa shape index (κ3) is 4.79. The lowest BCUT2D eigenvalue weighted by Crippen LogP contribution is -2.69. The second-order valence-corrected chi connectivity index (χ2v) is 7.45. The molecule has 2 heterocycles. The van der Waals surface area contributed by atoms with Crippen molar-refractivity contribution in [1.82, 2.24) is 15.3 Å². The number of nitrogens with zero attached hydrogens (tertiary/aromatic N) is 2. The van der Waals surface area contributed by atoms with Crippen molar-refractivity contribution in [2.75, 3.05) is 13.2 Å². The summed E-state index contributed by atoms with van der Waals surface area (Å²) in [6.45, 7) is 2.21. The van der Waals surface area contributed by atoms with E-state index in [1.165, 1.54) is 5.01 Å². The number of ether oxygens (including phenoxy) is 1. The molecule has 9 nitrogen and oxygen atoms in total. The van der Waals surface area contributed by atoms with Gasteiger partial charge in [-0.05, 0) is 38.2 Å². The van der Waals surface area contributed by atoms with Crippen molar-refractivity contribution in [3.63, 3.8) is 0 Å². The molecule has 1 aromatic rings. The third-order valence-electron chi connectivity index (χ3n) is 5.42. The van der Waals surface area contributed by atoms with Gasteiger partial charge >= 0.3 is 11.9 Å². The molecule has 2 aliphatic heterocycles. The molecule has 0 aliphatic carbocycles. The van der Waals surface area contributed by atoms with Gasteiger partial charge in [0.25, 0.3) is 5.91 Å². The second kappa shape index (κ2) is 9.71. The van der Waals surface area contributed by atoms with E-state index in [2.05, 4.69) is 5.32 Å². The number of esters is 1. The molecule has 0 aromatic heterocycles. The Morgan fingerprint density at radius 1 is 1.27 bits per heavy atom. The standard InChI is InChI=1S/C21H27N3O6/c1-2-30-21(29)15(11-10-14-7-4-3-5-8-14)22-16-13-18(25)23-12-6-9-17(20(27)28)24(23)19(16)26/h3-5,7-8,15-17,22H,2,6,9-13H2,1H3,(H,27,28)/t15-,16+,17+/m1/s1. The summed E-state index contributed by atoms with van der Waals surface area (Å²) in [4.78, 5) is 49.8. The number of nitrogens with one attached hydrogen (secondary N) is 1. The van der Waals surface area contributed by atoms with Gasteiger partial charge in [-0.3, -0.25) is 24.7 Å². The highest BCUT2D eigenvalue weighted by Crippen LogP contribution is 2.25. The highest BCUT2D eigenvalue weighted by molar-refractivity contribution is 5.96. The van der Waals surface area contributed by atoms with E-state index in [0.29, 0.717) is 25.8 Å². The quantitative estimate of drug-likeness (QED) is 0.599. The topological polar surface area (TPSA) is 116 Å². The zero-order chi connectivity index (χ0) is 21.7. The maximum absolute atomic E-state index is 13.1. The lowest BCUT2D eigenvalue weighted by atomic mass is 9.99. The van der Waals surface area contributed by atoms with Crippen LogP contribution in [0.25, 0.3) is 0 Å². The van der Waals surface area contributed by atoms with Crippen LogP contribution in [0.4, 0.5) is 0 Å². The van der Waals surface area contributed by atoms with Gasteiger partial charge in [-0.2, -0.15) is 0 Å². The third-order valence-corrected chi connectivity index (χ3v) is 5.42. The summed E-state index contributed by atoms with van der Waals surface area (Å²) < 4.78 is 5.15. The average Bonchev–Trinajstić information content (AvgIpc) is 2.74. The molecule has 2 fully saturated rings. The Labute approximate surface area is 174 Å². The number of hydrogen-bond acceptors (Lipinski definition) is 6. The van der Waals surface area contributed by atoms with Crippen molar-refractivity contribution < 1.29 is 29.0 Å². The fraction of sp³-hybridized carbons (Fsp3) is 0.524. The van der Waals surface area contributed by atoms with E-state index in [-0.39, 0.29) is 25.4 Å². The van der Waals surface area contributed by atoms with E-state index < -0.39 is 36.0 Å². The molecule has 3 rings (SSSR count). The van der Waals surface area contributed by atoms with Crippen molar-refractivity contribution in [2.45, 2.75) is 57.2 Å². The SMILES string of the molecule is CCOC(=O)[C@@H](CCc1ccccc1)N[C@H]1CC(=O)N2CCC[C@@H](C(=O)O)N2C1=O. The highest BCUT2D eigenvalue weighted by Gasteiger charge is 2.47. The first-order valence-electron chi connectivity index (χ1n) is 10.2. The maximum Gasteiger partial charge on any atom is 0.328 e. The van der Waals surface area contributed by atoms with Crippen LogP contribution in [0.15, 0.2) is 30.3 Å². The Bertz CT molecular complexity index is 793. The van der Waals surface area contributed by atoms with Gasteiger partial charge in [0.1, 0.15) is 6.04 Å². The molecule has 0 spiro atoms. The van der Waals surface area contributed by atoms with Crippen molar-refractivity contribution in [3.05, 3.63) is 35.9 Å². The number of carboxylic acids is 1. The zero-order valence-corrected chi connectivity index (χ0v) is 17.0. The van der Waals surface area contributed by atoms with Crippen molar-refractivity contribution >= 4 is 23.8 Å². The number of fused-ring (bicyclic) bond motifs is 1. The molecule has 0 unspecified atom stereocenters. The maximum atomic E-state index is 13.1. The Hall–Kier alpha value is -2.94. The van der Waals surface area contributed by atoms with Crippen LogP contribution in [-0.4, -0.2) is 70.2 Å². The van der Waals surface area contributed by atoms with E-state index in [4.69, 9.17) is 4.74 Å². The highest BCUT2D eigenvalue weighted by atomic mass is 16.5. The van der Waals surface area contributed by atoms with E-state index >= 15 is 0 Å². The first-order chi connectivity index (χ1) is 14.4. The van der Waals surface area contributed by atoms with Gasteiger partial charge in [0.2, 0.25) is 5.91 Å². The average molecular weight is 417 g/mol. The minimum atomic E-state index is -1.15. The number of amides is 2. The predicted molar refractivity (Wildman–Crippen MR) is 106 cm³/mol. The minimum Gasteiger partial charge on any atom is -0.480 e. The van der Waals surface area contributed by atoms with Gasteiger partial charge in [-0.15, -0.1) is 0 Å². The van der Waals surface area contributed by atoms with Gasteiger partial charge in [-0.1, -0.05) is 30.3 Å². The number of rotatable bonds is 8. The van der Waals surface area contributed by atoms with Gasteiger partial charge in [0.15, 0.2) is 6.04 Å². The summed E-state index contributed by atoms with van der Waals surface area (Å²) in [5.74, 6) is -2.48. The number of carboxylic acid groups (broad SMARTS) is 1. The molecular weight excluding hydrogens is 390 g/mol. The van der Waals surface area contributed by atoms with Crippen LogP contribution in [0.1, 0.15) is 38.2 Å². The molecule has 0 bridgehead atoms. The number of aliphatic carboxylic acids is 1. The molecule has 30 heavy (non-hydrogen) atoms. The number of hydrazine groups is 1. The van der Waals surface area contributed by atoms with E-state index in [0.717, 1.165) is 10.6 Å². The number of carbonyl (C=O) groups is 4. The molecule has 2 amide bonds. The predicted octanol–water partition coefficient (Wildman–Crippen LogP) is 0.732. The fourth-order valence-electron chi connectivity index (χ4n) is 3.95. The van der Waals surface area contributed by atoms with Gasteiger partial charge in [-0.25, -0.2) is 9.80 Å². The fourth-order valence-corrected chi connectivity index (χ4v) is 3.95. The molecule has 0 saturated carbocycles. The van der Waals surface area contributed by atoms with Crippen LogP contribution in [0.3, 0.4) is 0 Å². The van der Waals surface area contributed by atoms with Gasteiger partial charge in [0, 0.05) is 6.54 Å². The van der Waals surface area contributed by atoms with Crippen molar-refractivity contribution in [1.29, 1.82) is 0 Å². The molecule has 162 valence electrons. The Morgan fingerprint density at radius 2 is 2.00 bits per heavy atom. The molecule has 2 aliphatic rings. The first-order valence-corrected chi connectivity index (χ1v) is 10.2. The summed E-state index contributed by atoms with van der Waals surface area (Å²) in [7, 11) is 0. The van der Waals surface area contributed by atoms with E-state index in [9.17, 15) is 24.3 Å². The molecule has 3 atom stereocenters. The molecule has 9 heteroatoms. The normalized spacial score (nSPS) is 22.4. The summed E-state index contributed by atoms with van der Waals surface area (Å²) in [5.41, 5.74) is 1.03. The Balaban J connectivity index is 1.75. The lowest BCUT2D eigenvalue weighted by molar-refractivity contribution is -0.190. The van der Waals surface area contributed by atoms with Crippen molar-refractivity contribution in [3.8, 4) is 0 Å². The summed E-state index contributed by atoms with van der Waals surface area (Å²) in [6.07, 6.45) is 1.65. The molecule has 2 saturated heterocycles. The Kier molecular flexibility index (Phi) is 7.04. The zero-order valence-electron chi connectivity index (χ0n) is 17.0. The van der Waals surface area contributed by atoms with Crippen LogP contribution < -0.4 is 5.32 Å².